The number of hydrogen-bond donors (Lipinski definition) is 1. The van der Waals surface area contributed by atoms with Crippen LogP contribution in [0.25, 0.3) is 0 Å². The summed E-state index contributed by atoms with van der Waals surface area (Å²) in [4.78, 5) is 0. The van der Waals surface area contributed by atoms with Crippen molar-refractivity contribution in [1.82, 2.24) is 0 Å². The van der Waals surface area contributed by atoms with Gasteiger partial charge in [0.15, 0.2) is 0 Å². The Morgan fingerprint density at radius 3 is 2.07 bits per heavy atom. The molecule has 0 aromatic heterocycles. The molecule has 2 rings (SSSR count). The van der Waals surface area contributed by atoms with Gasteiger partial charge in [-0.15, -0.1) is 0 Å². The van der Waals surface area contributed by atoms with Crippen LogP contribution >= 0.6 is 0 Å². The van der Waals surface area contributed by atoms with E-state index in [1.54, 1.807) is 0 Å². The Balaban J connectivity index is 2.44. The molecule has 0 heterocycles. The minimum atomic E-state index is -0.878. The van der Waals surface area contributed by atoms with Crippen LogP contribution in [0.4, 0.5) is 13.2 Å². The lowest BCUT2D eigenvalue weighted by atomic mass is 9.91. The summed E-state index contributed by atoms with van der Waals surface area (Å²) in [6.07, 6.45) is 2.00. The Hall–Kier alpha value is -1.03. The van der Waals surface area contributed by atoms with Gasteiger partial charge in [0.25, 0.3) is 0 Å². The molecule has 0 radical (unpaired) electrons. The van der Waals surface area contributed by atoms with Crippen molar-refractivity contribution in [3.05, 3.63) is 35.1 Å². The van der Waals surface area contributed by atoms with E-state index in [-0.39, 0.29) is 5.56 Å². The number of halogens is 3. The second-order valence-corrected chi connectivity index (χ2v) is 4.06. The van der Waals surface area contributed by atoms with E-state index >= 15 is 0 Å². The predicted molar refractivity (Wildman–Crippen MR) is 50.9 cm³/mol. The van der Waals surface area contributed by atoms with E-state index in [0.29, 0.717) is 13.0 Å². The normalized spacial score (nSPS) is 17.9. The highest BCUT2D eigenvalue weighted by atomic mass is 19.1. The molecular formula is C11H12F3N. The van der Waals surface area contributed by atoms with Crippen LogP contribution in [0, 0.1) is 17.5 Å². The average molecular weight is 215 g/mol. The van der Waals surface area contributed by atoms with Gasteiger partial charge >= 0.3 is 0 Å². The van der Waals surface area contributed by atoms with Crippen LogP contribution in [0.15, 0.2) is 12.1 Å². The summed E-state index contributed by atoms with van der Waals surface area (Å²) in [6.45, 7) is 0.385. The van der Waals surface area contributed by atoms with Gasteiger partial charge in [-0.2, -0.15) is 0 Å². The van der Waals surface area contributed by atoms with Crippen LogP contribution < -0.4 is 5.73 Å². The molecule has 1 aromatic carbocycles. The summed E-state index contributed by atoms with van der Waals surface area (Å²) in [5.74, 6) is -2.46. The summed E-state index contributed by atoms with van der Waals surface area (Å²) in [6, 6.07) is 1.46. The molecule has 0 amide bonds. The first-order valence-corrected chi connectivity index (χ1v) is 4.94. The van der Waals surface area contributed by atoms with E-state index in [0.717, 1.165) is 25.0 Å². The second kappa shape index (κ2) is 3.52. The average Bonchev–Trinajstić information content (AvgIpc) is 2.83. The predicted octanol–water partition coefficient (Wildman–Crippen LogP) is 2.48. The zero-order valence-electron chi connectivity index (χ0n) is 8.19. The first-order valence-electron chi connectivity index (χ1n) is 4.94. The molecule has 1 aliphatic rings. The monoisotopic (exact) mass is 215 g/mol. The molecule has 0 aliphatic heterocycles. The number of benzene rings is 1. The number of nitrogens with two attached hydrogens (primary N) is 1. The van der Waals surface area contributed by atoms with Crippen LogP contribution in [0.2, 0.25) is 0 Å². The first kappa shape index (κ1) is 10.5. The topological polar surface area (TPSA) is 26.0 Å². The molecule has 1 saturated carbocycles. The fraction of sp³-hybridized carbons (Fsp3) is 0.455. The van der Waals surface area contributed by atoms with Gasteiger partial charge in [-0.3, -0.25) is 0 Å². The van der Waals surface area contributed by atoms with Crippen LogP contribution in [0.3, 0.4) is 0 Å². The second-order valence-electron chi connectivity index (χ2n) is 4.06. The van der Waals surface area contributed by atoms with Gasteiger partial charge < -0.3 is 5.73 Å². The Bertz CT molecular complexity index is 362. The zero-order valence-corrected chi connectivity index (χ0v) is 8.19. The summed E-state index contributed by atoms with van der Waals surface area (Å²) in [5, 5.41) is 0. The Labute approximate surface area is 86.1 Å². The van der Waals surface area contributed by atoms with Crippen LogP contribution in [-0.2, 0) is 5.41 Å². The van der Waals surface area contributed by atoms with Crippen molar-refractivity contribution in [3.63, 3.8) is 0 Å². The molecule has 4 heteroatoms. The van der Waals surface area contributed by atoms with Crippen molar-refractivity contribution in [1.29, 1.82) is 0 Å². The van der Waals surface area contributed by atoms with Crippen molar-refractivity contribution in [2.24, 2.45) is 5.73 Å². The molecule has 15 heavy (non-hydrogen) atoms. The van der Waals surface area contributed by atoms with Gasteiger partial charge in [-0.05, 0) is 25.8 Å². The van der Waals surface area contributed by atoms with E-state index < -0.39 is 22.9 Å². The van der Waals surface area contributed by atoms with E-state index in [9.17, 15) is 13.2 Å². The third-order valence-electron chi connectivity index (χ3n) is 3.01. The van der Waals surface area contributed by atoms with Gasteiger partial charge in [0, 0.05) is 23.1 Å². The van der Waals surface area contributed by atoms with Gasteiger partial charge in [0.1, 0.15) is 17.5 Å². The van der Waals surface area contributed by atoms with Crippen LogP contribution in [0.1, 0.15) is 24.8 Å². The lowest BCUT2D eigenvalue weighted by molar-refractivity contribution is 0.483. The molecule has 0 saturated heterocycles. The first-order chi connectivity index (χ1) is 7.09. The lowest BCUT2D eigenvalue weighted by Gasteiger charge is -2.16. The molecule has 2 N–H and O–H groups in total. The van der Waals surface area contributed by atoms with Crippen molar-refractivity contribution < 1.29 is 13.2 Å². The summed E-state index contributed by atoms with van der Waals surface area (Å²) >= 11 is 0. The van der Waals surface area contributed by atoms with Crippen LogP contribution in [-0.4, -0.2) is 6.54 Å². The van der Waals surface area contributed by atoms with Gasteiger partial charge in [0.2, 0.25) is 0 Å². The fourth-order valence-corrected chi connectivity index (χ4v) is 2.10. The molecule has 1 nitrogen and oxygen atoms in total. The van der Waals surface area contributed by atoms with E-state index in [4.69, 9.17) is 5.73 Å². The van der Waals surface area contributed by atoms with Crippen molar-refractivity contribution in [2.45, 2.75) is 24.7 Å². The molecule has 1 fully saturated rings. The summed E-state index contributed by atoms with van der Waals surface area (Å²) < 4.78 is 39.6. The van der Waals surface area contributed by atoms with E-state index in [1.165, 1.54) is 0 Å². The van der Waals surface area contributed by atoms with E-state index in [1.807, 2.05) is 0 Å². The smallest absolute Gasteiger partial charge is 0.132 e. The molecule has 82 valence electrons. The summed E-state index contributed by atoms with van der Waals surface area (Å²) in [7, 11) is 0. The highest BCUT2D eigenvalue weighted by Gasteiger charge is 2.47. The van der Waals surface area contributed by atoms with Crippen molar-refractivity contribution in [2.75, 3.05) is 6.54 Å². The molecular weight excluding hydrogens is 203 g/mol. The highest BCUT2D eigenvalue weighted by Crippen LogP contribution is 2.52. The Morgan fingerprint density at radius 1 is 1.13 bits per heavy atom. The minimum absolute atomic E-state index is 0.00866. The Morgan fingerprint density at radius 2 is 1.67 bits per heavy atom. The van der Waals surface area contributed by atoms with Crippen molar-refractivity contribution in [3.8, 4) is 0 Å². The quantitative estimate of drug-likeness (QED) is 0.823. The Kier molecular flexibility index (Phi) is 2.46. The van der Waals surface area contributed by atoms with Gasteiger partial charge in [-0.25, -0.2) is 13.2 Å². The minimum Gasteiger partial charge on any atom is -0.330 e. The third kappa shape index (κ3) is 1.74. The van der Waals surface area contributed by atoms with Gasteiger partial charge in [0.05, 0.1) is 0 Å². The molecule has 0 spiro atoms. The molecule has 0 unspecified atom stereocenters. The maximum absolute atomic E-state index is 13.4. The van der Waals surface area contributed by atoms with Gasteiger partial charge in [-0.1, -0.05) is 0 Å². The number of rotatable bonds is 3. The maximum Gasteiger partial charge on any atom is 0.132 e. The number of hydrogen-bond acceptors (Lipinski definition) is 1. The standard InChI is InChI=1S/C11H12F3N/c12-7-5-8(13)10(9(14)6-7)11(1-2-11)3-4-15/h5-6H,1-4,15H2. The zero-order chi connectivity index (χ0) is 11.1. The largest absolute Gasteiger partial charge is 0.330 e. The van der Waals surface area contributed by atoms with Crippen LogP contribution in [0.5, 0.6) is 0 Å². The van der Waals surface area contributed by atoms with E-state index in [2.05, 4.69) is 0 Å². The third-order valence-corrected chi connectivity index (χ3v) is 3.01. The highest BCUT2D eigenvalue weighted by molar-refractivity contribution is 5.34. The summed E-state index contributed by atoms with van der Waals surface area (Å²) in [5.41, 5.74) is 4.94. The lowest BCUT2D eigenvalue weighted by Crippen LogP contribution is -2.17. The molecule has 1 aromatic rings. The molecule has 1 aliphatic carbocycles. The SMILES string of the molecule is NCCC1(c2c(F)cc(F)cc2F)CC1. The molecule has 0 bridgehead atoms. The van der Waals surface area contributed by atoms with Crippen molar-refractivity contribution >= 4 is 0 Å². The molecule has 0 atom stereocenters. The fourth-order valence-electron chi connectivity index (χ4n) is 2.10. The maximum atomic E-state index is 13.4.